The number of aryl methyl sites for hydroxylation is 4. The molecule has 2 aromatic heterocycles. The van der Waals surface area contributed by atoms with Crippen molar-refractivity contribution in [2.75, 3.05) is 14.2 Å². The van der Waals surface area contributed by atoms with E-state index in [0.717, 1.165) is 39.9 Å². The molecule has 0 saturated carbocycles. The van der Waals surface area contributed by atoms with E-state index in [2.05, 4.69) is 37.5 Å². The van der Waals surface area contributed by atoms with Gasteiger partial charge in [0.05, 0.1) is 25.5 Å². The van der Waals surface area contributed by atoms with E-state index in [-0.39, 0.29) is 0 Å². The third-order valence-electron chi connectivity index (χ3n) is 4.36. The highest BCUT2D eigenvalue weighted by molar-refractivity contribution is 7.14. The molecule has 0 saturated heterocycles. The first kappa shape index (κ1) is 17.5. The zero-order valence-electron chi connectivity index (χ0n) is 15.6. The molecule has 1 aromatic carbocycles. The molecule has 3 aromatic rings. The predicted molar refractivity (Wildman–Crippen MR) is 104 cm³/mol. The third-order valence-corrected chi connectivity index (χ3v) is 5.54. The fourth-order valence-electron chi connectivity index (χ4n) is 3.12. The number of hydrogen-bond acceptors (Lipinski definition) is 4. The zero-order chi connectivity index (χ0) is 18.1. The number of rotatable bonds is 5. The molecule has 0 N–H and O–H groups in total. The van der Waals surface area contributed by atoms with E-state index >= 15 is 0 Å². The summed E-state index contributed by atoms with van der Waals surface area (Å²) in [7, 11) is 3.38. The summed E-state index contributed by atoms with van der Waals surface area (Å²) >= 11 is 1.72. The second-order valence-electron chi connectivity index (χ2n) is 6.12. The Balaban J connectivity index is 2.26. The molecule has 0 aliphatic heterocycles. The van der Waals surface area contributed by atoms with E-state index in [4.69, 9.17) is 14.5 Å². The lowest BCUT2D eigenvalue weighted by atomic mass is 10.0. The largest absolute Gasteiger partial charge is 0.496 e. The van der Waals surface area contributed by atoms with E-state index in [1.54, 1.807) is 25.6 Å². The summed E-state index contributed by atoms with van der Waals surface area (Å²) in [6.07, 6.45) is 0.909. The van der Waals surface area contributed by atoms with Gasteiger partial charge in [-0.2, -0.15) is 0 Å². The van der Waals surface area contributed by atoms with Gasteiger partial charge in [-0.05, 0) is 57.0 Å². The highest BCUT2D eigenvalue weighted by atomic mass is 32.1. The van der Waals surface area contributed by atoms with Crippen LogP contribution in [-0.4, -0.2) is 23.8 Å². The molecule has 0 unspecified atom stereocenters. The average molecular weight is 356 g/mol. The van der Waals surface area contributed by atoms with Crippen LogP contribution in [0.1, 0.15) is 28.8 Å². The predicted octanol–water partition coefficient (Wildman–Crippen LogP) is 5.11. The summed E-state index contributed by atoms with van der Waals surface area (Å²) in [5, 5.41) is 0.983. The molecule has 25 heavy (non-hydrogen) atoms. The van der Waals surface area contributed by atoms with E-state index in [1.165, 1.54) is 16.3 Å². The Bertz CT molecular complexity index is 864. The molecule has 132 valence electrons. The number of hydrogen-bond donors (Lipinski definition) is 0. The van der Waals surface area contributed by atoms with Crippen molar-refractivity contribution in [3.63, 3.8) is 0 Å². The monoisotopic (exact) mass is 356 g/mol. The molecular weight excluding hydrogens is 332 g/mol. The lowest BCUT2D eigenvalue weighted by molar-refractivity contribution is 0.396. The SMILES string of the molecule is CCc1sc(-n2c(C)ccc2C)nc1-c1c(OC)cc(C)cc1OC. The number of ether oxygens (including phenoxy) is 2. The number of benzene rings is 1. The first-order valence-electron chi connectivity index (χ1n) is 8.38. The van der Waals surface area contributed by atoms with Crippen LogP contribution in [0.4, 0.5) is 0 Å². The van der Waals surface area contributed by atoms with Gasteiger partial charge in [0.25, 0.3) is 0 Å². The third kappa shape index (κ3) is 3.04. The Labute approximate surface area is 153 Å². The summed E-state index contributed by atoms with van der Waals surface area (Å²) in [5.41, 5.74) is 5.34. The molecule has 0 bridgehead atoms. The maximum atomic E-state index is 5.65. The van der Waals surface area contributed by atoms with Gasteiger partial charge in [0.15, 0.2) is 5.13 Å². The fourth-order valence-corrected chi connectivity index (χ4v) is 4.24. The maximum Gasteiger partial charge on any atom is 0.194 e. The average Bonchev–Trinajstić information content (AvgIpc) is 3.16. The van der Waals surface area contributed by atoms with Crippen molar-refractivity contribution in [3.05, 3.63) is 46.1 Å². The highest BCUT2D eigenvalue weighted by Crippen LogP contribution is 2.43. The molecule has 0 atom stereocenters. The quantitative estimate of drug-likeness (QED) is 0.638. The van der Waals surface area contributed by atoms with E-state index in [0.29, 0.717) is 0 Å². The van der Waals surface area contributed by atoms with Gasteiger partial charge < -0.3 is 9.47 Å². The minimum Gasteiger partial charge on any atom is -0.496 e. The topological polar surface area (TPSA) is 36.3 Å². The number of thiazole rings is 1. The summed E-state index contributed by atoms with van der Waals surface area (Å²) in [5.74, 6) is 1.59. The number of methoxy groups -OCH3 is 2. The van der Waals surface area contributed by atoms with Crippen molar-refractivity contribution in [2.45, 2.75) is 34.1 Å². The lowest BCUT2D eigenvalue weighted by Gasteiger charge is -2.14. The summed E-state index contributed by atoms with van der Waals surface area (Å²) in [6, 6.07) is 8.30. The minimum atomic E-state index is 0.796. The number of nitrogens with zero attached hydrogens (tertiary/aromatic N) is 2. The van der Waals surface area contributed by atoms with Gasteiger partial charge in [-0.15, -0.1) is 11.3 Å². The van der Waals surface area contributed by atoms with Gasteiger partial charge in [-0.3, -0.25) is 4.57 Å². The summed E-state index contributed by atoms with van der Waals surface area (Å²) in [4.78, 5) is 6.21. The lowest BCUT2D eigenvalue weighted by Crippen LogP contribution is -1.99. The Morgan fingerprint density at radius 3 is 2.04 bits per heavy atom. The van der Waals surface area contributed by atoms with E-state index < -0.39 is 0 Å². The maximum absolute atomic E-state index is 5.65. The van der Waals surface area contributed by atoms with Gasteiger partial charge in [0.2, 0.25) is 0 Å². The van der Waals surface area contributed by atoms with Crippen LogP contribution in [-0.2, 0) is 6.42 Å². The first-order valence-corrected chi connectivity index (χ1v) is 9.19. The van der Waals surface area contributed by atoms with Crippen LogP contribution in [0, 0.1) is 20.8 Å². The second kappa shape index (κ2) is 6.92. The van der Waals surface area contributed by atoms with Crippen molar-refractivity contribution in [2.24, 2.45) is 0 Å². The van der Waals surface area contributed by atoms with Crippen molar-refractivity contribution in [3.8, 4) is 27.9 Å². The van der Waals surface area contributed by atoms with Crippen molar-refractivity contribution in [1.29, 1.82) is 0 Å². The van der Waals surface area contributed by atoms with Crippen LogP contribution in [0.25, 0.3) is 16.4 Å². The Kier molecular flexibility index (Phi) is 4.86. The van der Waals surface area contributed by atoms with Crippen LogP contribution >= 0.6 is 11.3 Å². The molecule has 3 rings (SSSR count). The van der Waals surface area contributed by atoms with Gasteiger partial charge >= 0.3 is 0 Å². The van der Waals surface area contributed by atoms with E-state index in [1.807, 2.05) is 19.1 Å². The Hall–Kier alpha value is -2.27. The molecule has 0 spiro atoms. The molecule has 0 radical (unpaired) electrons. The molecular formula is C20H24N2O2S. The number of aromatic nitrogens is 2. The van der Waals surface area contributed by atoms with Gasteiger partial charge in [0, 0.05) is 16.3 Å². The summed E-state index contributed by atoms with van der Waals surface area (Å²) < 4.78 is 13.5. The van der Waals surface area contributed by atoms with Crippen molar-refractivity contribution >= 4 is 11.3 Å². The van der Waals surface area contributed by atoms with Crippen LogP contribution in [0.15, 0.2) is 24.3 Å². The van der Waals surface area contributed by atoms with Crippen LogP contribution in [0.3, 0.4) is 0 Å². The standard InChI is InChI=1S/C20H24N2O2S/c1-7-17-19(18-15(23-5)10-12(2)11-16(18)24-6)21-20(25-17)22-13(3)8-9-14(22)4/h8-11H,7H2,1-6H3. The van der Waals surface area contributed by atoms with Crippen LogP contribution in [0.5, 0.6) is 11.5 Å². The zero-order valence-corrected chi connectivity index (χ0v) is 16.5. The first-order chi connectivity index (χ1) is 12.0. The minimum absolute atomic E-state index is 0.796. The fraction of sp³-hybridized carbons (Fsp3) is 0.350. The molecule has 0 aliphatic rings. The molecule has 0 amide bonds. The van der Waals surface area contributed by atoms with Crippen molar-refractivity contribution < 1.29 is 9.47 Å². The molecule has 2 heterocycles. The molecule has 0 fully saturated rings. The summed E-state index contributed by atoms with van der Waals surface area (Å²) in [6.45, 7) is 8.40. The molecule has 5 heteroatoms. The van der Waals surface area contributed by atoms with Gasteiger partial charge in [0.1, 0.15) is 11.5 Å². The molecule has 0 aliphatic carbocycles. The smallest absolute Gasteiger partial charge is 0.194 e. The highest BCUT2D eigenvalue weighted by Gasteiger charge is 2.22. The van der Waals surface area contributed by atoms with Crippen LogP contribution < -0.4 is 9.47 Å². The molecule has 4 nitrogen and oxygen atoms in total. The van der Waals surface area contributed by atoms with Crippen LogP contribution in [0.2, 0.25) is 0 Å². The Morgan fingerprint density at radius 1 is 1.00 bits per heavy atom. The van der Waals surface area contributed by atoms with E-state index in [9.17, 15) is 0 Å². The Morgan fingerprint density at radius 2 is 1.56 bits per heavy atom. The van der Waals surface area contributed by atoms with Gasteiger partial charge in [-0.25, -0.2) is 4.98 Å². The second-order valence-corrected chi connectivity index (χ2v) is 7.18. The van der Waals surface area contributed by atoms with Crippen molar-refractivity contribution in [1.82, 2.24) is 9.55 Å². The normalized spacial score (nSPS) is 11.0. The van der Waals surface area contributed by atoms with Gasteiger partial charge in [-0.1, -0.05) is 6.92 Å².